The molecule has 0 bridgehead atoms. The Labute approximate surface area is 162 Å². The van der Waals surface area contributed by atoms with Crippen molar-refractivity contribution < 1.29 is 9.53 Å². The van der Waals surface area contributed by atoms with Crippen LogP contribution in [0.25, 0.3) is 10.8 Å². The molecule has 0 fully saturated rings. The van der Waals surface area contributed by atoms with E-state index < -0.39 is 0 Å². The van der Waals surface area contributed by atoms with E-state index in [-0.39, 0.29) is 11.2 Å². The molecular formula is C19H23N5O2S. The zero-order chi connectivity index (χ0) is 19.2. The predicted octanol–water partition coefficient (Wildman–Crippen LogP) is 1.98. The fourth-order valence-electron chi connectivity index (χ4n) is 2.76. The van der Waals surface area contributed by atoms with Crippen LogP contribution >= 0.6 is 11.8 Å². The first-order valence-electron chi connectivity index (χ1n) is 8.69. The van der Waals surface area contributed by atoms with Gasteiger partial charge >= 0.3 is 0 Å². The summed E-state index contributed by atoms with van der Waals surface area (Å²) >= 11 is 1.28. The van der Waals surface area contributed by atoms with Crippen LogP contribution < -0.4 is 11.2 Å². The number of amides is 1. The molecule has 1 amide bonds. The van der Waals surface area contributed by atoms with Gasteiger partial charge in [0.25, 0.3) is 0 Å². The maximum Gasteiger partial charge on any atom is 0.233 e. The van der Waals surface area contributed by atoms with Crippen LogP contribution in [0.3, 0.4) is 0 Å². The first-order valence-corrected chi connectivity index (χ1v) is 9.57. The third-order valence-electron chi connectivity index (χ3n) is 4.22. The van der Waals surface area contributed by atoms with Crippen molar-refractivity contribution in [1.82, 2.24) is 20.2 Å². The topological polar surface area (TPSA) is 95.1 Å². The summed E-state index contributed by atoms with van der Waals surface area (Å²) in [6.07, 6.45) is 0.569. The Hall–Kier alpha value is -2.58. The number of nitrogen functional groups attached to an aromatic ring is 1. The number of rotatable bonds is 8. The fourth-order valence-corrected chi connectivity index (χ4v) is 3.57. The van der Waals surface area contributed by atoms with Crippen LogP contribution in [0.1, 0.15) is 18.3 Å². The maximum atomic E-state index is 12.1. The standard InChI is InChI=1S/C19H23N5O2S/c1-13(18(25)21-10-11-26-2)27-19-23-22-17(24(19)20)12-15-8-5-7-14-6-3-4-9-16(14)15/h3-9,13H,10-12,20H2,1-2H3,(H,21,25)/t13-/m1/s1. The number of ether oxygens (including phenoxy) is 1. The molecule has 0 spiro atoms. The number of hydrogen-bond acceptors (Lipinski definition) is 6. The lowest BCUT2D eigenvalue weighted by molar-refractivity contribution is -0.120. The Morgan fingerprint density at radius 1 is 1.26 bits per heavy atom. The van der Waals surface area contributed by atoms with Crippen molar-refractivity contribution in [2.75, 3.05) is 26.1 Å². The lowest BCUT2D eigenvalue weighted by atomic mass is 10.0. The highest BCUT2D eigenvalue weighted by Gasteiger charge is 2.19. The second-order valence-electron chi connectivity index (χ2n) is 6.13. The lowest BCUT2D eigenvalue weighted by Crippen LogP contribution is -2.33. The number of methoxy groups -OCH3 is 1. The summed E-state index contributed by atoms with van der Waals surface area (Å²) in [7, 11) is 1.60. The number of thioether (sulfide) groups is 1. The molecule has 2 aromatic carbocycles. The summed E-state index contributed by atoms with van der Waals surface area (Å²) in [5, 5.41) is 13.7. The molecule has 0 aliphatic heterocycles. The van der Waals surface area contributed by atoms with Crippen LogP contribution in [0.2, 0.25) is 0 Å². The molecule has 8 heteroatoms. The van der Waals surface area contributed by atoms with Crippen LogP contribution in [0.15, 0.2) is 47.6 Å². The SMILES string of the molecule is COCCNC(=O)[C@@H](C)Sc1nnc(Cc2cccc3ccccc23)n1N. The van der Waals surface area contributed by atoms with Gasteiger partial charge < -0.3 is 15.9 Å². The first-order chi connectivity index (χ1) is 13.1. The summed E-state index contributed by atoms with van der Waals surface area (Å²) in [5.41, 5.74) is 1.13. The smallest absolute Gasteiger partial charge is 0.233 e. The van der Waals surface area contributed by atoms with E-state index in [2.05, 4.69) is 39.8 Å². The van der Waals surface area contributed by atoms with Crippen LogP contribution in [-0.4, -0.2) is 46.3 Å². The van der Waals surface area contributed by atoms with Gasteiger partial charge in [0.05, 0.1) is 11.9 Å². The molecular weight excluding hydrogens is 362 g/mol. The van der Waals surface area contributed by atoms with Crippen molar-refractivity contribution in [2.24, 2.45) is 0 Å². The molecule has 3 N–H and O–H groups in total. The maximum absolute atomic E-state index is 12.1. The van der Waals surface area contributed by atoms with E-state index >= 15 is 0 Å². The highest BCUT2D eigenvalue weighted by molar-refractivity contribution is 8.00. The van der Waals surface area contributed by atoms with Gasteiger partial charge in [0.1, 0.15) is 0 Å². The van der Waals surface area contributed by atoms with Crippen LogP contribution in [0.4, 0.5) is 0 Å². The van der Waals surface area contributed by atoms with Crippen LogP contribution in [0, 0.1) is 0 Å². The minimum absolute atomic E-state index is 0.0874. The third-order valence-corrected chi connectivity index (χ3v) is 5.28. The molecule has 142 valence electrons. The second kappa shape index (κ2) is 8.88. The Balaban J connectivity index is 1.71. The normalized spacial score (nSPS) is 12.2. The molecule has 1 aromatic heterocycles. The van der Waals surface area contributed by atoms with Gasteiger partial charge in [-0.3, -0.25) is 4.79 Å². The van der Waals surface area contributed by atoms with E-state index in [1.165, 1.54) is 27.2 Å². The number of hydrogen-bond donors (Lipinski definition) is 2. The van der Waals surface area contributed by atoms with Gasteiger partial charge in [-0.1, -0.05) is 54.2 Å². The van der Waals surface area contributed by atoms with E-state index in [1.54, 1.807) is 7.11 Å². The number of nitrogens with two attached hydrogens (primary N) is 1. The van der Waals surface area contributed by atoms with Crippen molar-refractivity contribution in [3.8, 4) is 0 Å². The molecule has 1 heterocycles. The molecule has 0 aliphatic carbocycles. The molecule has 3 aromatic rings. The van der Waals surface area contributed by atoms with Gasteiger partial charge in [0.15, 0.2) is 5.82 Å². The van der Waals surface area contributed by atoms with E-state index in [0.29, 0.717) is 30.6 Å². The highest BCUT2D eigenvalue weighted by atomic mass is 32.2. The number of fused-ring (bicyclic) bond motifs is 1. The molecule has 0 aliphatic rings. The zero-order valence-corrected chi connectivity index (χ0v) is 16.2. The Morgan fingerprint density at radius 2 is 2.04 bits per heavy atom. The largest absolute Gasteiger partial charge is 0.383 e. The molecule has 1 atom stereocenters. The molecule has 0 saturated heterocycles. The van der Waals surface area contributed by atoms with Gasteiger partial charge in [-0.05, 0) is 23.3 Å². The van der Waals surface area contributed by atoms with Crippen LogP contribution in [-0.2, 0) is 16.0 Å². The summed E-state index contributed by atoms with van der Waals surface area (Å²) in [4.78, 5) is 12.1. The van der Waals surface area contributed by atoms with Gasteiger partial charge in [0, 0.05) is 20.1 Å². The minimum Gasteiger partial charge on any atom is -0.383 e. The fraction of sp³-hybridized carbons (Fsp3) is 0.316. The molecule has 3 rings (SSSR count). The molecule has 0 unspecified atom stereocenters. The number of carbonyl (C=O) groups is 1. The van der Waals surface area contributed by atoms with Crippen molar-refractivity contribution in [1.29, 1.82) is 0 Å². The van der Waals surface area contributed by atoms with E-state index in [0.717, 1.165) is 5.56 Å². The monoisotopic (exact) mass is 385 g/mol. The summed E-state index contributed by atoms with van der Waals surface area (Å²) in [6.45, 7) is 2.76. The Kier molecular flexibility index (Phi) is 6.31. The number of aromatic nitrogens is 3. The minimum atomic E-state index is -0.334. The number of benzene rings is 2. The average molecular weight is 385 g/mol. The van der Waals surface area contributed by atoms with E-state index in [4.69, 9.17) is 10.6 Å². The van der Waals surface area contributed by atoms with Gasteiger partial charge in [-0.25, -0.2) is 4.68 Å². The van der Waals surface area contributed by atoms with Gasteiger partial charge in [-0.2, -0.15) is 0 Å². The third kappa shape index (κ3) is 4.58. The molecule has 27 heavy (non-hydrogen) atoms. The predicted molar refractivity (Wildman–Crippen MR) is 107 cm³/mol. The van der Waals surface area contributed by atoms with E-state index in [1.807, 2.05) is 25.1 Å². The molecule has 7 nitrogen and oxygen atoms in total. The van der Waals surface area contributed by atoms with Gasteiger partial charge in [-0.15, -0.1) is 10.2 Å². The Bertz CT molecular complexity index is 922. The van der Waals surface area contributed by atoms with Crippen molar-refractivity contribution >= 4 is 28.4 Å². The average Bonchev–Trinajstić information content (AvgIpc) is 3.02. The summed E-state index contributed by atoms with van der Waals surface area (Å²) < 4.78 is 6.40. The second-order valence-corrected chi connectivity index (χ2v) is 7.44. The first kappa shape index (κ1) is 19.2. The molecule has 0 radical (unpaired) electrons. The molecule has 0 saturated carbocycles. The number of carbonyl (C=O) groups excluding carboxylic acids is 1. The zero-order valence-electron chi connectivity index (χ0n) is 15.4. The van der Waals surface area contributed by atoms with Crippen molar-refractivity contribution in [3.05, 3.63) is 53.9 Å². The van der Waals surface area contributed by atoms with E-state index in [9.17, 15) is 4.79 Å². The highest BCUT2D eigenvalue weighted by Crippen LogP contribution is 2.24. The van der Waals surface area contributed by atoms with Crippen molar-refractivity contribution in [3.63, 3.8) is 0 Å². The number of nitrogens with one attached hydrogen (secondary N) is 1. The van der Waals surface area contributed by atoms with Crippen molar-refractivity contribution in [2.45, 2.75) is 23.8 Å². The van der Waals surface area contributed by atoms with Crippen LogP contribution in [0.5, 0.6) is 0 Å². The quantitative estimate of drug-likeness (QED) is 0.350. The summed E-state index contributed by atoms with van der Waals surface area (Å²) in [6, 6.07) is 14.4. The number of nitrogens with zero attached hydrogens (tertiary/aromatic N) is 3. The lowest BCUT2D eigenvalue weighted by Gasteiger charge is -2.11. The Morgan fingerprint density at radius 3 is 2.85 bits per heavy atom. The van der Waals surface area contributed by atoms with Gasteiger partial charge in [0.2, 0.25) is 11.1 Å². The summed E-state index contributed by atoms with van der Waals surface area (Å²) in [5.74, 6) is 6.75.